The van der Waals surface area contributed by atoms with Gasteiger partial charge in [0.15, 0.2) is 5.82 Å². The van der Waals surface area contributed by atoms with Crippen molar-refractivity contribution in [3.63, 3.8) is 0 Å². The fraction of sp³-hybridized carbons (Fsp3) is 0.273. The standard InChI is InChI=1S/C22H24N6O2/c1-23-19-9-10-24-20(27-19)16-13-18(22(30)25-14-16)26-21(29)15-5-7-17(8-6-15)28-11-3-2-4-12-28/h5-10,13-14H,2-4,11-12H2,1H3,(H,25,30)(H,26,29)(H,23,24,27). The zero-order valence-electron chi connectivity index (χ0n) is 16.8. The van der Waals surface area contributed by atoms with Gasteiger partial charge in [0.05, 0.1) is 0 Å². The highest BCUT2D eigenvalue weighted by atomic mass is 16.2. The Bertz CT molecular complexity index is 1090. The van der Waals surface area contributed by atoms with Crippen LogP contribution in [0.2, 0.25) is 0 Å². The third-order valence-corrected chi connectivity index (χ3v) is 5.17. The number of hydrogen-bond donors (Lipinski definition) is 3. The first-order valence-corrected chi connectivity index (χ1v) is 10.0. The number of H-pyrrole nitrogens is 1. The predicted octanol–water partition coefficient (Wildman–Crippen LogP) is 3.12. The Morgan fingerprint density at radius 3 is 2.60 bits per heavy atom. The largest absolute Gasteiger partial charge is 0.373 e. The first kappa shape index (κ1) is 19.6. The summed E-state index contributed by atoms with van der Waals surface area (Å²) >= 11 is 0. The summed E-state index contributed by atoms with van der Waals surface area (Å²) in [7, 11) is 1.77. The van der Waals surface area contributed by atoms with Gasteiger partial charge in [-0.05, 0) is 55.7 Å². The number of carbonyl (C=O) groups is 1. The lowest BCUT2D eigenvalue weighted by molar-refractivity contribution is 0.102. The number of benzene rings is 1. The van der Waals surface area contributed by atoms with Crippen LogP contribution >= 0.6 is 0 Å². The maximum Gasteiger partial charge on any atom is 0.271 e. The van der Waals surface area contributed by atoms with Crippen molar-refractivity contribution in [3.05, 3.63) is 64.7 Å². The lowest BCUT2D eigenvalue weighted by Gasteiger charge is -2.28. The average molecular weight is 404 g/mol. The lowest BCUT2D eigenvalue weighted by Crippen LogP contribution is -2.29. The van der Waals surface area contributed by atoms with E-state index in [4.69, 9.17) is 0 Å². The molecule has 1 saturated heterocycles. The van der Waals surface area contributed by atoms with E-state index in [9.17, 15) is 9.59 Å². The molecule has 2 aromatic heterocycles. The maximum atomic E-state index is 12.7. The summed E-state index contributed by atoms with van der Waals surface area (Å²) in [6.45, 7) is 2.09. The van der Waals surface area contributed by atoms with Crippen molar-refractivity contribution < 1.29 is 4.79 Å². The molecule has 3 heterocycles. The number of carbonyl (C=O) groups excluding carboxylic acids is 1. The van der Waals surface area contributed by atoms with Gasteiger partial charge in [0.1, 0.15) is 11.5 Å². The van der Waals surface area contributed by atoms with Crippen molar-refractivity contribution in [2.45, 2.75) is 19.3 Å². The Kier molecular flexibility index (Phi) is 5.74. The highest BCUT2D eigenvalue weighted by Gasteiger charge is 2.14. The van der Waals surface area contributed by atoms with E-state index in [0.29, 0.717) is 22.8 Å². The summed E-state index contributed by atoms with van der Waals surface area (Å²) in [5, 5.41) is 5.65. The van der Waals surface area contributed by atoms with E-state index in [1.165, 1.54) is 25.5 Å². The van der Waals surface area contributed by atoms with Crippen LogP contribution < -0.4 is 21.1 Å². The van der Waals surface area contributed by atoms with Crippen molar-refractivity contribution in [2.24, 2.45) is 0 Å². The molecule has 1 fully saturated rings. The molecule has 3 N–H and O–H groups in total. The number of pyridine rings is 1. The summed E-state index contributed by atoms with van der Waals surface area (Å²) in [5.41, 5.74) is 1.97. The molecule has 8 heteroatoms. The van der Waals surface area contributed by atoms with Crippen molar-refractivity contribution in [1.82, 2.24) is 15.0 Å². The first-order valence-electron chi connectivity index (χ1n) is 10.0. The molecule has 1 aromatic carbocycles. The van der Waals surface area contributed by atoms with Crippen LogP contribution in [0.15, 0.2) is 53.6 Å². The number of anilines is 3. The summed E-state index contributed by atoms with van der Waals surface area (Å²) in [4.78, 5) is 38.5. The van der Waals surface area contributed by atoms with Crippen LogP contribution in [-0.2, 0) is 0 Å². The third-order valence-electron chi connectivity index (χ3n) is 5.17. The normalized spacial score (nSPS) is 13.7. The molecule has 0 atom stereocenters. The van der Waals surface area contributed by atoms with Gasteiger partial charge in [-0.1, -0.05) is 0 Å². The van der Waals surface area contributed by atoms with Gasteiger partial charge in [-0.25, -0.2) is 9.97 Å². The summed E-state index contributed by atoms with van der Waals surface area (Å²) in [6.07, 6.45) is 6.82. The molecule has 0 spiro atoms. The summed E-state index contributed by atoms with van der Waals surface area (Å²) in [5.74, 6) is 0.762. The van der Waals surface area contributed by atoms with E-state index in [-0.39, 0.29) is 17.2 Å². The Morgan fingerprint density at radius 1 is 1.10 bits per heavy atom. The molecule has 0 bridgehead atoms. The lowest BCUT2D eigenvalue weighted by atomic mass is 10.1. The van der Waals surface area contributed by atoms with Crippen LogP contribution in [0.25, 0.3) is 11.4 Å². The molecule has 8 nitrogen and oxygen atoms in total. The fourth-order valence-corrected chi connectivity index (χ4v) is 3.51. The van der Waals surface area contributed by atoms with Crippen LogP contribution in [0, 0.1) is 0 Å². The van der Waals surface area contributed by atoms with Crippen LogP contribution in [0.5, 0.6) is 0 Å². The SMILES string of the molecule is CNc1ccnc(-c2c[nH]c(=O)c(NC(=O)c3ccc(N4CCCCC4)cc3)c2)n1. The van der Waals surface area contributed by atoms with E-state index in [0.717, 1.165) is 18.8 Å². The molecular formula is C22H24N6O2. The number of nitrogens with zero attached hydrogens (tertiary/aromatic N) is 3. The van der Waals surface area contributed by atoms with Gasteiger partial charge in [-0.2, -0.15) is 0 Å². The van der Waals surface area contributed by atoms with Gasteiger partial charge in [-0.15, -0.1) is 0 Å². The zero-order chi connectivity index (χ0) is 20.9. The quantitative estimate of drug-likeness (QED) is 0.604. The fourth-order valence-electron chi connectivity index (χ4n) is 3.51. The zero-order valence-corrected chi connectivity index (χ0v) is 16.8. The maximum absolute atomic E-state index is 12.7. The average Bonchev–Trinajstić information content (AvgIpc) is 2.81. The van der Waals surface area contributed by atoms with E-state index in [2.05, 4.69) is 30.5 Å². The van der Waals surface area contributed by atoms with Crippen LogP contribution in [0.1, 0.15) is 29.6 Å². The molecule has 0 radical (unpaired) electrons. The van der Waals surface area contributed by atoms with Crippen LogP contribution in [0.3, 0.4) is 0 Å². The Hall–Kier alpha value is -3.68. The van der Waals surface area contributed by atoms with Gasteiger partial charge >= 0.3 is 0 Å². The monoisotopic (exact) mass is 404 g/mol. The summed E-state index contributed by atoms with van der Waals surface area (Å²) in [6, 6.07) is 10.8. The molecule has 0 saturated carbocycles. The Labute approximate surface area is 174 Å². The number of piperidine rings is 1. The molecular weight excluding hydrogens is 380 g/mol. The predicted molar refractivity (Wildman–Crippen MR) is 118 cm³/mol. The third kappa shape index (κ3) is 4.32. The molecule has 1 amide bonds. The molecule has 0 unspecified atom stereocenters. The number of rotatable bonds is 5. The van der Waals surface area contributed by atoms with Crippen molar-refractivity contribution in [2.75, 3.05) is 35.7 Å². The van der Waals surface area contributed by atoms with Gasteiger partial charge in [0.25, 0.3) is 11.5 Å². The topological polar surface area (TPSA) is 103 Å². The van der Waals surface area contributed by atoms with Crippen molar-refractivity contribution in [3.8, 4) is 11.4 Å². The van der Waals surface area contributed by atoms with E-state index < -0.39 is 0 Å². The Morgan fingerprint density at radius 2 is 1.87 bits per heavy atom. The highest BCUT2D eigenvalue weighted by molar-refractivity contribution is 6.04. The summed E-state index contributed by atoms with van der Waals surface area (Å²) < 4.78 is 0. The minimum atomic E-state index is -0.387. The second kappa shape index (κ2) is 8.77. The number of aromatic nitrogens is 3. The molecule has 4 rings (SSSR count). The highest BCUT2D eigenvalue weighted by Crippen LogP contribution is 2.21. The van der Waals surface area contributed by atoms with E-state index in [1.54, 1.807) is 37.5 Å². The van der Waals surface area contributed by atoms with Gasteiger partial charge in [-0.3, -0.25) is 9.59 Å². The van der Waals surface area contributed by atoms with E-state index in [1.807, 2.05) is 12.1 Å². The molecule has 30 heavy (non-hydrogen) atoms. The van der Waals surface area contributed by atoms with Crippen molar-refractivity contribution >= 4 is 23.1 Å². The van der Waals surface area contributed by atoms with Gasteiger partial charge in [0, 0.05) is 49.3 Å². The van der Waals surface area contributed by atoms with E-state index >= 15 is 0 Å². The van der Waals surface area contributed by atoms with Crippen LogP contribution in [0.4, 0.5) is 17.2 Å². The smallest absolute Gasteiger partial charge is 0.271 e. The first-order chi connectivity index (χ1) is 14.6. The molecule has 0 aliphatic carbocycles. The molecule has 154 valence electrons. The van der Waals surface area contributed by atoms with Crippen molar-refractivity contribution in [1.29, 1.82) is 0 Å². The second-order valence-corrected chi connectivity index (χ2v) is 7.20. The molecule has 1 aliphatic rings. The number of amides is 1. The number of hydrogen-bond acceptors (Lipinski definition) is 6. The second-order valence-electron chi connectivity index (χ2n) is 7.20. The molecule has 3 aromatic rings. The minimum absolute atomic E-state index is 0.149. The number of nitrogens with one attached hydrogen (secondary N) is 3. The van der Waals surface area contributed by atoms with Gasteiger partial charge < -0.3 is 20.5 Å². The van der Waals surface area contributed by atoms with Gasteiger partial charge in [0.2, 0.25) is 0 Å². The molecule has 1 aliphatic heterocycles. The number of aromatic amines is 1. The Balaban J connectivity index is 1.52. The van der Waals surface area contributed by atoms with Crippen LogP contribution in [-0.4, -0.2) is 41.0 Å². The minimum Gasteiger partial charge on any atom is -0.373 e.